The zero-order valence-corrected chi connectivity index (χ0v) is 9.14. The Morgan fingerprint density at radius 1 is 1.00 bits per heavy atom. The number of oxazole rings is 1. The minimum atomic E-state index is -0.279. The van der Waals surface area contributed by atoms with Crippen LogP contribution in [0.15, 0.2) is 40.8 Å². The van der Waals surface area contributed by atoms with E-state index in [4.69, 9.17) is 4.42 Å². The number of hydrogen-bond acceptors (Lipinski definition) is 3. The fourth-order valence-corrected chi connectivity index (χ4v) is 1.63. The van der Waals surface area contributed by atoms with Gasteiger partial charge in [-0.3, -0.25) is 0 Å². The summed E-state index contributed by atoms with van der Waals surface area (Å²) < 4.78 is 18.3. The van der Waals surface area contributed by atoms with Gasteiger partial charge in [0.1, 0.15) is 11.3 Å². The Morgan fingerprint density at radius 3 is 2.53 bits per heavy atom. The van der Waals surface area contributed by atoms with E-state index < -0.39 is 0 Å². The molecule has 0 radical (unpaired) electrons. The van der Waals surface area contributed by atoms with Gasteiger partial charge in [-0.2, -0.15) is 0 Å². The average molecular weight is 228 g/mol. The van der Waals surface area contributed by atoms with E-state index in [1.165, 1.54) is 12.1 Å². The van der Waals surface area contributed by atoms with Crippen molar-refractivity contribution in [2.24, 2.45) is 0 Å². The minimum Gasteiger partial charge on any atom is -0.418 e. The fourth-order valence-electron chi connectivity index (χ4n) is 1.63. The quantitative estimate of drug-likeness (QED) is 0.641. The molecule has 0 amide bonds. The summed E-state index contributed by atoms with van der Waals surface area (Å²) in [5.74, 6) is 0.178. The number of aromatic nitrogens is 2. The van der Waals surface area contributed by atoms with Gasteiger partial charge in [0.2, 0.25) is 11.6 Å². The van der Waals surface area contributed by atoms with Gasteiger partial charge in [-0.1, -0.05) is 0 Å². The van der Waals surface area contributed by atoms with Crippen molar-refractivity contribution in [1.29, 1.82) is 0 Å². The van der Waals surface area contributed by atoms with Gasteiger partial charge in [-0.05, 0) is 43.3 Å². The van der Waals surface area contributed by atoms with Crippen LogP contribution in [-0.4, -0.2) is 9.97 Å². The molecule has 0 saturated heterocycles. The Bertz CT molecular complexity index is 673. The normalized spacial score (nSPS) is 10.9. The summed E-state index contributed by atoms with van der Waals surface area (Å²) in [6.45, 7) is 1.89. The van der Waals surface area contributed by atoms with Crippen molar-refractivity contribution >= 4 is 11.2 Å². The predicted molar refractivity (Wildman–Crippen MR) is 61.9 cm³/mol. The van der Waals surface area contributed by atoms with Crippen molar-refractivity contribution < 1.29 is 8.81 Å². The van der Waals surface area contributed by atoms with E-state index >= 15 is 0 Å². The molecule has 84 valence electrons. The number of pyridine rings is 1. The summed E-state index contributed by atoms with van der Waals surface area (Å²) in [5, 5.41) is 0. The van der Waals surface area contributed by atoms with E-state index in [0.29, 0.717) is 17.1 Å². The van der Waals surface area contributed by atoms with Crippen molar-refractivity contribution in [3.05, 3.63) is 47.9 Å². The van der Waals surface area contributed by atoms with Gasteiger partial charge in [0.15, 0.2) is 0 Å². The lowest BCUT2D eigenvalue weighted by Crippen LogP contribution is -1.78. The monoisotopic (exact) mass is 228 g/mol. The molecule has 2 aromatic heterocycles. The first-order valence-electron chi connectivity index (χ1n) is 5.22. The molecule has 2 heterocycles. The molecule has 17 heavy (non-hydrogen) atoms. The lowest BCUT2D eigenvalue weighted by atomic mass is 10.2. The molecule has 3 aromatic rings. The van der Waals surface area contributed by atoms with Crippen molar-refractivity contribution in [3.63, 3.8) is 0 Å². The molecule has 4 heteroatoms. The third-order valence-corrected chi connectivity index (χ3v) is 2.49. The Morgan fingerprint density at radius 2 is 1.76 bits per heavy atom. The highest BCUT2D eigenvalue weighted by atomic mass is 19.1. The molecule has 0 bridgehead atoms. The van der Waals surface area contributed by atoms with E-state index in [1.807, 2.05) is 19.1 Å². The van der Waals surface area contributed by atoms with Gasteiger partial charge >= 0.3 is 0 Å². The van der Waals surface area contributed by atoms with Crippen molar-refractivity contribution in [3.8, 4) is 11.5 Å². The van der Waals surface area contributed by atoms with Gasteiger partial charge in [-0.15, -0.1) is 0 Å². The topological polar surface area (TPSA) is 38.9 Å². The molecule has 3 nitrogen and oxygen atoms in total. The molecule has 0 atom stereocenters. The third-order valence-electron chi connectivity index (χ3n) is 2.49. The van der Waals surface area contributed by atoms with Crippen LogP contribution in [0.4, 0.5) is 4.39 Å². The molecule has 0 aliphatic rings. The molecule has 0 spiro atoms. The van der Waals surface area contributed by atoms with Crippen molar-refractivity contribution in [2.75, 3.05) is 0 Å². The Kier molecular flexibility index (Phi) is 2.14. The SMILES string of the molecule is Cc1ccc2nc(-c3ccc(F)cc3)oc2n1. The summed E-state index contributed by atoms with van der Waals surface area (Å²) >= 11 is 0. The number of halogens is 1. The van der Waals surface area contributed by atoms with Gasteiger partial charge < -0.3 is 4.42 Å². The van der Waals surface area contributed by atoms with E-state index in [-0.39, 0.29) is 5.82 Å². The van der Waals surface area contributed by atoms with E-state index in [1.54, 1.807) is 12.1 Å². The molecule has 0 unspecified atom stereocenters. The first-order chi connectivity index (χ1) is 8.22. The summed E-state index contributed by atoms with van der Waals surface area (Å²) in [5.41, 5.74) is 2.82. The first-order valence-corrected chi connectivity index (χ1v) is 5.22. The highest BCUT2D eigenvalue weighted by molar-refractivity contribution is 5.72. The number of hydrogen-bond donors (Lipinski definition) is 0. The summed E-state index contributed by atoms with van der Waals surface area (Å²) in [4.78, 5) is 8.54. The van der Waals surface area contributed by atoms with E-state index in [9.17, 15) is 4.39 Å². The van der Waals surface area contributed by atoms with Crippen LogP contribution in [-0.2, 0) is 0 Å². The summed E-state index contributed by atoms with van der Waals surface area (Å²) in [6, 6.07) is 9.75. The lowest BCUT2D eigenvalue weighted by Gasteiger charge is -1.93. The van der Waals surface area contributed by atoms with Crippen LogP contribution in [0.3, 0.4) is 0 Å². The van der Waals surface area contributed by atoms with E-state index in [2.05, 4.69) is 9.97 Å². The maximum Gasteiger partial charge on any atom is 0.247 e. The summed E-state index contributed by atoms with van der Waals surface area (Å²) in [6.07, 6.45) is 0. The van der Waals surface area contributed by atoms with Crippen LogP contribution in [0.1, 0.15) is 5.69 Å². The van der Waals surface area contributed by atoms with Crippen LogP contribution in [0.5, 0.6) is 0 Å². The Balaban J connectivity index is 2.14. The second kappa shape index (κ2) is 3.66. The zero-order chi connectivity index (χ0) is 11.8. The van der Waals surface area contributed by atoms with Gasteiger partial charge in [-0.25, -0.2) is 14.4 Å². The van der Waals surface area contributed by atoms with Gasteiger partial charge in [0, 0.05) is 11.3 Å². The number of nitrogens with zero attached hydrogens (tertiary/aromatic N) is 2. The largest absolute Gasteiger partial charge is 0.418 e. The van der Waals surface area contributed by atoms with Crippen molar-refractivity contribution in [2.45, 2.75) is 6.92 Å². The average Bonchev–Trinajstić information content (AvgIpc) is 2.72. The zero-order valence-electron chi connectivity index (χ0n) is 9.14. The smallest absolute Gasteiger partial charge is 0.247 e. The number of rotatable bonds is 1. The van der Waals surface area contributed by atoms with Crippen molar-refractivity contribution in [1.82, 2.24) is 9.97 Å². The standard InChI is InChI=1S/C13H9FN2O/c1-8-2-7-11-13(15-8)17-12(16-11)9-3-5-10(14)6-4-9/h2-7H,1H3. The second-order valence-corrected chi connectivity index (χ2v) is 3.80. The fraction of sp³-hybridized carbons (Fsp3) is 0.0769. The Hall–Kier alpha value is -2.23. The highest BCUT2D eigenvalue weighted by Crippen LogP contribution is 2.23. The third kappa shape index (κ3) is 1.78. The maximum absolute atomic E-state index is 12.8. The Labute approximate surface area is 96.9 Å². The van der Waals surface area contributed by atoms with Crippen LogP contribution in [0.2, 0.25) is 0 Å². The van der Waals surface area contributed by atoms with Crippen LogP contribution >= 0.6 is 0 Å². The van der Waals surface area contributed by atoms with Crippen LogP contribution in [0.25, 0.3) is 22.7 Å². The van der Waals surface area contributed by atoms with E-state index in [0.717, 1.165) is 11.3 Å². The number of aryl methyl sites for hydroxylation is 1. The van der Waals surface area contributed by atoms with Crippen LogP contribution < -0.4 is 0 Å². The molecular formula is C13H9FN2O. The molecule has 0 saturated carbocycles. The van der Waals surface area contributed by atoms with Crippen LogP contribution in [0, 0.1) is 12.7 Å². The number of benzene rings is 1. The molecule has 3 rings (SSSR count). The molecule has 0 N–H and O–H groups in total. The first kappa shape index (κ1) is 9.96. The molecule has 0 aliphatic heterocycles. The number of fused-ring (bicyclic) bond motifs is 1. The van der Waals surface area contributed by atoms with Gasteiger partial charge in [0.05, 0.1) is 0 Å². The predicted octanol–water partition coefficient (Wildman–Crippen LogP) is 3.34. The molecular weight excluding hydrogens is 219 g/mol. The maximum atomic E-state index is 12.8. The molecule has 1 aromatic carbocycles. The lowest BCUT2D eigenvalue weighted by molar-refractivity contribution is 0.605. The van der Waals surface area contributed by atoms with Gasteiger partial charge in [0.25, 0.3) is 0 Å². The summed E-state index contributed by atoms with van der Waals surface area (Å²) in [7, 11) is 0. The molecule has 0 aliphatic carbocycles. The highest BCUT2D eigenvalue weighted by Gasteiger charge is 2.08. The minimum absolute atomic E-state index is 0.279. The molecule has 0 fully saturated rings. The second-order valence-electron chi connectivity index (χ2n) is 3.80.